The number of amides is 1. The molecular formula is C14H19N3O6. The van der Waals surface area contributed by atoms with Crippen LogP contribution in [-0.2, 0) is 9.53 Å². The number of aromatic nitrogens is 2. The molecule has 1 amide bonds. The highest BCUT2D eigenvalue weighted by Crippen LogP contribution is 2.31. The van der Waals surface area contributed by atoms with Crippen LogP contribution in [0.5, 0.6) is 11.8 Å². The molecule has 2 rings (SSSR count). The van der Waals surface area contributed by atoms with Gasteiger partial charge >= 0.3 is 5.97 Å². The van der Waals surface area contributed by atoms with Crippen molar-refractivity contribution in [1.82, 2.24) is 15.3 Å². The molecule has 23 heavy (non-hydrogen) atoms. The molecule has 0 atom stereocenters. The Morgan fingerprint density at radius 3 is 2.30 bits per heavy atom. The van der Waals surface area contributed by atoms with Crippen molar-refractivity contribution in [2.45, 2.75) is 12.8 Å². The molecule has 0 aliphatic carbocycles. The standard InChI is InChI=1S/C14H19N3O6/c1-21-11-9(12(22-2)17-8-16-11)10(18)15-7-14(13(19)20)3-5-23-6-4-14/h8H,3-7H2,1-2H3,(H,15,18)(H,19,20). The lowest BCUT2D eigenvalue weighted by Crippen LogP contribution is -2.46. The Kier molecular flexibility index (Phi) is 5.32. The predicted molar refractivity (Wildman–Crippen MR) is 77.6 cm³/mol. The molecule has 1 aromatic rings. The van der Waals surface area contributed by atoms with Crippen LogP contribution in [0.4, 0.5) is 0 Å². The zero-order chi connectivity index (χ0) is 16.9. The summed E-state index contributed by atoms with van der Waals surface area (Å²) in [5, 5.41) is 12.1. The molecule has 0 saturated carbocycles. The molecular weight excluding hydrogens is 306 g/mol. The van der Waals surface area contributed by atoms with Gasteiger partial charge in [0.15, 0.2) is 5.56 Å². The average molecular weight is 325 g/mol. The number of rotatable bonds is 6. The molecule has 0 bridgehead atoms. The van der Waals surface area contributed by atoms with Crippen molar-refractivity contribution in [2.24, 2.45) is 5.41 Å². The number of methoxy groups -OCH3 is 2. The number of carboxylic acids is 1. The first-order valence-corrected chi connectivity index (χ1v) is 7.06. The first-order chi connectivity index (χ1) is 11.0. The maximum absolute atomic E-state index is 12.4. The van der Waals surface area contributed by atoms with Gasteiger partial charge in [0, 0.05) is 19.8 Å². The van der Waals surface area contributed by atoms with Crippen LogP contribution >= 0.6 is 0 Å². The molecule has 1 aromatic heterocycles. The van der Waals surface area contributed by atoms with Gasteiger partial charge in [-0.15, -0.1) is 0 Å². The lowest BCUT2D eigenvalue weighted by molar-refractivity contribution is -0.154. The molecule has 9 nitrogen and oxygen atoms in total. The number of hydrogen-bond donors (Lipinski definition) is 2. The molecule has 2 heterocycles. The molecule has 1 saturated heterocycles. The summed E-state index contributed by atoms with van der Waals surface area (Å²) in [6.45, 7) is 0.679. The first kappa shape index (κ1) is 16.9. The van der Waals surface area contributed by atoms with E-state index in [0.717, 1.165) is 0 Å². The van der Waals surface area contributed by atoms with Crippen LogP contribution in [0.25, 0.3) is 0 Å². The highest BCUT2D eigenvalue weighted by Gasteiger charge is 2.40. The Morgan fingerprint density at radius 1 is 1.26 bits per heavy atom. The fraction of sp³-hybridized carbons (Fsp3) is 0.571. The van der Waals surface area contributed by atoms with E-state index >= 15 is 0 Å². The molecule has 1 fully saturated rings. The van der Waals surface area contributed by atoms with Crippen molar-refractivity contribution in [2.75, 3.05) is 34.0 Å². The van der Waals surface area contributed by atoms with Gasteiger partial charge in [-0.05, 0) is 12.8 Å². The summed E-state index contributed by atoms with van der Waals surface area (Å²) in [5.74, 6) is -1.38. The Bertz CT molecular complexity index is 564. The van der Waals surface area contributed by atoms with E-state index < -0.39 is 17.3 Å². The molecule has 0 aromatic carbocycles. The smallest absolute Gasteiger partial charge is 0.311 e. The fourth-order valence-electron chi connectivity index (χ4n) is 2.42. The highest BCUT2D eigenvalue weighted by molar-refractivity contribution is 5.98. The third-order valence-electron chi connectivity index (χ3n) is 3.88. The lowest BCUT2D eigenvalue weighted by Gasteiger charge is -2.33. The zero-order valence-electron chi connectivity index (χ0n) is 13.0. The molecule has 0 radical (unpaired) electrons. The molecule has 126 valence electrons. The van der Waals surface area contributed by atoms with E-state index in [-0.39, 0.29) is 23.9 Å². The van der Waals surface area contributed by atoms with E-state index in [1.807, 2.05) is 0 Å². The summed E-state index contributed by atoms with van der Waals surface area (Å²) in [5.41, 5.74) is -1.01. The summed E-state index contributed by atoms with van der Waals surface area (Å²) in [6.07, 6.45) is 1.88. The van der Waals surface area contributed by atoms with Gasteiger partial charge in [0.2, 0.25) is 11.8 Å². The number of aliphatic carboxylic acids is 1. The van der Waals surface area contributed by atoms with Crippen molar-refractivity contribution in [3.05, 3.63) is 11.9 Å². The van der Waals surface area contributed by atoms with Crippen molar-refractivity contribution in [1.29, 1.82) is 0 Å². The van der Waals surface area contributed by atoms with Crippen LogP contribution in [0.15, 0.2) is 6.33 Å². The molecule has 2 N–H and O–H groups in total. The molecule has 0 spiro atoms. The minimum Gasteiger partial charge on any atom is -0.481 e. The van der Waals surface area contributed by atoms with Crippen molar-refractivity contribution >= 4 is 11.9 Å². The van der Waals surface area contributed by atoms with Crippen molar-refractivity contribution in [3.8, 4) is 11.8 Å². The van der Waals surface area contributed by atoms with Crippen LogP contribution in [-0.4, -0.2) is 60.9 Å². The molecule has 0 unspecified atom stereocenters. The lowest BCUT2D eigenvalue weighted by atomic mass is 9.80. The summed E-state index contributed by atoms with van der Waals surface area (Å²) >= 11 is 0. The van der Waals surface area contributed by atoms with Gasteiger partial charge in [-0.25, -0.2) is 9.97 Å². The molecule has 9 heteroatoms. The van der Waals surface area contributed by atoms with Crippen LogP contribution in [0.2, 0.25) is 0 Å². The fourth-order valence-corrected chi connectivity index (χ4v) is 2.42. The second-order valence-electron chi connectivity index (χ2n) is 5.15. The van der Waals surface area contributed by atoms with Crippen LogP contribution in [0, 0.1) is 5.41 Å². The number of carbonyl (C=O) groups excluding carboxylic acids is 1. The predicted octanol–water partition coefficient (Wildman–Crippen LogP) is 0.105. The Labute approximate surface area is 133 Å². The van der Waals surface area contributed by atoms with Crippen LogP contribution in [0.1, 0.15) is 23.2 Å². The van der Waals surface area contributed by atoms with Gasteiger partial charge in [0.25, 0.3) is 5.91 Å². The summed E-state index contributed by atoms with van der Waals surface area (Å²) in [4.78, 5) is 31.8. The van der Waals surface area contributed by atoms with Crippen LogP contribution < -0.4 is 14.8 Å². The average Bonchev–Trinajstić information content (AvgIpc) is 2.59. The number of hydrogen-bond acceptors (Lipinski definition) is 7. The first-order valence-electron chi connectivity index (χ1n) is 7.06. The summed E-state index contributed by atoms with van der Waals surface area (Å²) in [6, 6.07) is 0. The van der Waals surface area contributed by atoms with Crippen molar-refractivity contribution < 1.29 is 28.9 Å². The number of carbonyl (C=O) groups is 2. The topological polar surface area (TPSA) is 120 Å². The molecule has 1 aliphatic rings. The van der Waals surface area contributed by atoms with E-state index in [2.05, 4.69) is 15.3 Å². The van der Waals surface area contributed by atoms with Gasteiger partial charge in [-0.3, -0.25) is 9.59 Å². The third-order valence-corrected chi connectivity index (χ3v) is 3.88. The zero-order valence-corrected chi connectivity index (χ0v) is 13.0. The Hall–Kier alpha value is -2.42. The second kappa shape index (κ2) is 7.23. The highest BCUT2D eigenvalue weighted by atomic mass is 16.5. The van der Waals surface area contributed by atoms with E-state index in [1.165, 1.54) is 20.5 Å². The number of carboxylic acid groups (broad SMARTS) is 1. The van der Waals surface area contributed by atoms with E-state index in [9.17, 15) is 14.7 Å². The van der Waals surface area contributed by atoms with Gasteiger partial charge in [-0.1, -0.05) is 0 Å². The quantitative estimate of drug-likeness (QED) is 0.756. The monoisotopic (exact) mass is 325 g/mol. The minimum absolute atomic E-state index is 0.0221. The second-order valence-corrected chi connectivity index (χ2v) is 5.15. The minimum atomic E-state index is -1.04. The Balaban J connectivity index is 2.17. The Morgan fingerprint density at radius 2 is 1.83 bits per heavy atom. The maximum Gasteiger partial charge on any atom is 0.311 e. The maximum atomic E-state index is 12.4. The van der Waals surface area contributed by atoms with Gasteiger partial charge < -0.3 is 24.6 Å². The van der Waals surface area contributed by atoms with Crippen LogP contribution in [0.3, 0.4) is 0 Å². The largest absolute Gasteiger partial charge is 0.481 e. The number of nitrogens with one attached hydrogen (secondary N) is 1. The van der Waals surface area contributed by atoms with E-state index in [1.54, 1.807) is 0 Å². The van der Waals surface area contributed by atoms with E-state index in [4.69, 9.17) is 14.2 Å². The number of ether oxygens (including phenoxy) is 3. The van der Waals surface area contributed by atoms with Crippen molar-refractivity contribution in [3.63, 3.8) is 0 Å². The normalized spacial score (nSPS) is 16.4. The van der Waals surface area contributed by atoms with E-state index in [0.29, 0.717) is 26.1 Å². The van der Waals surface area contributed by atoms with Gasteiger partial charge in [-0.2, -0.15) is 0 Å². The van der Waals surface area contributed by atoms with Gasteiger partial charge in [0.1, 0.15) is 6.33 Å². The third kappa shape index (κ3) is 3.50. The summed E-state index contributed by atoms with van der Waals surface area (Å²) in [7, 11) is 2.74. The van der Waals surface area contributed by atoms with Gasteiger partial charge in [0.05, 0.1) is 19.6 Å². The summed E-state index contributed by atoms with van der Waals surface area (Å²) < 4.78 is 15.3. The SMILES string of the molecule is COc1ncnc(OC)c1C(=O)NCC1(C(=O)O)CCOCC1. The number of nitrogens with zero attached hydrogens (tertiary/aromatic N) is 2. The molecule has 1 aliphatic heterocycles.